The van der Waals surface area contributed by atoms with Gasteiger partial charge in [0.25, 0.3) is 0 Å². The quantitative estimate of drug-likeness (QED) is 0.481. The molecular formula is C17H20N2O2. The van der Waals surface area contributed by atoms with Crippen LogP contribution < -0.4 is 0 Å². The first-order chi connectivity index (χ1) is 10.2. The Hall–Kier alpha value is -2.36. The van der Waals surface area contributed by atoms with Crippen LogP contribution in [-0.4, -0.2) is 22.5 Å². The average molecular weight is 284 g/mol. The van der Waals surface area contributed by atoms with Crippen molar-refractivity contribution < 1.29 is 9.53 Å². The zero-order valence-electron chi connectivity index (χ0n) is 12.3. The van der Waals surface area contributed by atoms with E-state index in [4.69, 9.17) is 4.74 Å². The standard InChI is InChI=1S/C17H20N2O2/c1-13(2)17(20)21-11-7-6-10-16-18-12-15(19-16)14-8-4-3-5-9-14/h3-5,8-9,12H,1,6-7,10-11H2,2H3,(H,18,19). The van der Waals surface area contributed by atoms with E-state index in [-0.39, 0.29) is 5.97 Å². The van der Waals surface area contributed by atoms with Gasteiger partial charge in [-0.25, -0.2) is 9.78 Å². The van der Waals surface area contributed by atoms with Gasteiger partial charge < -0.3 is 9.72 Å². The van der Waals surface area contributed by atoms with Crippen molar-refractivity contribution in [2.75, 3.05) is 6.61 Å². The van der Waals surface area contributed by atoms with Crippen LogP contribution >= 0.6 is 0 Å². The van der Waals surface area contributed by atoms with Gasteiger partial charge in [-0.3, -0.25) is 0 Å². The molecule has 0 radical (unpaired) electrons. The second kappa shape index (κ2) is 7.43. The second-order valence-electron chi connectivity index (χ2n) is 4.98. The van der Waals surface area contributed by atoms with E-state index >= 15 is 0 Å². The number of nitrogens with one attached hydrogen (secondary N) is 1. The highest BCUT2D eigenvalue weighted by atomic mass is 16.5. The van der Waals surface area contributed by atoms with E-state index in [0.717, 1.165) is 36.3 Å². The first-order valence-corrected chi connectivity index (χ1v) is 7.09. The van der Waals surface area contributed by atoms with Crippen molar-refractivity contribution in [2.45, 2.75) is 26.2 Å². The fraction of sp³-hybridized carbons (Fsp3) is 0.294. The van der Waals surface area contributed by atoms with Crippen LogP contribution in [0.1, 0.15) is 25.6 Å². The van der Waals surface area contributed by atoms with Crippen LogP contribution in [0.25, 0.3) is 11.3 Å². The Kier molecular flexibility index (Phi) is 5.32. The number of hydrogen-bond donors (Lipinski definition) is 1. The molecule has 0 saturated heterocycles. The number of carbonyl (C=O) groups is 1. The molecule has 0 amide bonds. The molecular weight excluding hydrogens is 264 g/mol. The van der Waals surface area contributed by atoms with Gasteiger partial charge in [-0.05, 0) is 25.3 Å². The maximum absolute atomic E-state index is 11.2. The van der Waals surface area contributed by atoms with Gasteiger partial charge in [-0.1, -0.05) is 36.9 Å². The highest BCUT2D eigenvalue weighted by molar-refractivity contribution is 5.86. The number of imidazole rings is 1. The number of rotatable bonds is 7. The van der Waals surface area contributed by atoms with Gasteiger partial charge in [0.15, 0.2) is 0 Å². The van der Waals surface area contributed by atoms with E-state index in [2.05, 4.69) is 16.5 Å². The summed E-state index contributed by atoms with van der Waals surface area (Å²) in [5.41, 5.74) is 2.60. The number of esters is 1. The highest BCUT2D eigenvalue weighted by Crippen LogP contribution is 2.16. The van der Waals surface area contributed by atoms with E-state index < -0.39 is 0 Å². The van der Waals surface area contributed by atoms with E-state index in [1.807, 2.05) is 36.5 Å². The maximum Gasteiger partial charge on any atom is 0.333 e. The SMILES string of the molecule is C=C(C)C(=O)OCCCCc1ncc(-c2ccccc2)[nH]1. The number of nitrogens with zero attached hydrogens (tertiary/aromatic N) is 1. The van der Waals surface area contributed by atoms with E-state index in [1.165, 1.54) is 0 Å². The molecule has 4 nitrogen and oxygen atoms in total. The molecule has 2 rings (SSSR count). The second-order valence-corrected chi connectivity index (χ2v) is 4.98. The fourth-order valence-electron chi connectivity index (χ4n) is 1.94. The summed E-state index contributed by atoms with van der Waals surface area (Å²) in [6.45, 7) is 5.62. The molecule has 110 valence electrons. The fourth-order valence-corrected chi connectivity index (χ4v) is 1.94. The van der Waals surface area contributed by atoms with Crippen molar-refractivity contribution in [3.63, 3.8) is 0 Å². The van der Waals surface area contributed by atoms with Crippen LogP contribution in [0, 0.1) is 0 Å². The van der Waals surface area contributed by atoms with E-state index in [9.17, 15) is 4.79 Å². The van der Waals surface area contributed by atoms with Crippen molar-refractivity contribution in [3.8, 4) is 11.3 Å². The van der Waals surface area contributed by atoms with Crippen molar-refractivity contribution in [1.29, 1.82) is 0 Å². The molecule has 1 aromatic heterocycles. The third kappa shape index (κ3) is 4.60. The Bertz CT molecular complexity index is 602. The van der Waals surface area contributed by atoms with Gasteiger partial charge in [0, 0.05) is 12.0 Å². The van der Waals surface area contributed by atoms with Crippen LogP contribution in [0.2, 0.25) is 0 Å². The van der Waals surface area contributed by atoms with Crippen LogP contribution in [0.4, 0.5) is 0 Å². The summed E-state index contributed by atoms with van der Waals surface area (Å²) in [5.74, 6) is 0.638. The summed E-state index contributed by atoms with van der Waals surface area (Å²) in [6, 6.07) is 10.1. The van der Waals surface area contributed by atoms with Gasteiger partial charge in [-0.15, -0.1) is 0 Å². The van der Waals surface area contributed by atoms with Crippen LogP contribution in [0.15, 0.2) is 48.7 Å². The molecule has 0 unspecified atom stereocenters. The normalized spacial score (nSPS) is 10.3. The molecule has 4 heteroatoms. The third-order valence-electron chi connectivity index (χ3n) is 3.10. The molecule has 0 aliphatic carbocycles. The molecule has 21 heavy (non-hydrogen) atoms. The first kappa shape index (κ1) is 15.0. The van der Waals surface area contributed by atoms with Crippen molar-refractivity contribution in [1.82, 2.24) is 9.97 Å². The number of H-pyrrole nitrogens is 1. The van der Waals surface area contributed by atoms with Crippen molar-refractivity contribution >= 4 is 5.97 Å². The maximum atomic E-state index is 11.2. The van der Waals surface area contributed by atoms with Crippen LogP contribution in [0.3, 0.4) is 0 Å². The van der Waals surface area contributed by atoms with E-state index in [1.54, 1.807) is 6.92 Å². The van der Waals surface area contributed by atoms with Gasteiger partial charge in [0.2, 0.25) is 0 Å². The van der Waals surface area contributed by atoms with Crippen LogP contribution in [-0.2, 0) is 16.0 Å². The predicted molar refractivity (Wildman–Crippen MR) is 82.7 cm³/mol. The lowest BCUT2D eigenvalue weighted by molar-refractivity contribution is -0.139. The molecule has 1 heterocycles. The van der Waals surface area contributed by atoms with E-state index in [0.29, 0.717) is 12.2 Å². The zero-order valence-corrected chi connectivity index (χ0v) is 12.3. The van der Waals surface area contributed by atoms with Gasteiger partial charge in [0.05, 0.1) is 18.5 Å². The van der Waals surface area contributed by atoms with Gasteiger partial charge >= 0.3 is 5.97 Å². The molecule has 0 atom stereocenters. The Morgan fingerprint density at radius 3 is 2.76 bits per heavy atom. The lowest BCUT2D eigenvalue weighted by Gasteiger charge is -2.03. The highest BCUT2D eigenvalue weighted by Gasteiger charge is 2.04. The van der Waals surface area contributed by atoms with Crippen molar-refractivity contribution in [3.05, 3.63) is 54.5 Å². The molecule has 2 aromatic rings. The smallest absolute Gasteiger partial charge is 0.333 e. The number of unbranched alkanes of at least 4 members (excludes halogenated alkanes) is 1. The third-order valence-corrected chi connectivity index (χ3v) is 3.10. The minimum absolute atomic E-state index is 0.320. The van der Waals surface area contributed by atoms with Crippen LogP contribution in [0.5, 0.6) is 0 Å². The topological polar surface area (TPSA) is 55.0 Å². The number of carbonyl (C=O) groups excluding carboxylic acids is 1. The molecule has 1 N–H and O–H groups in total. The van der Waals surface area contributed by atoms with Gasteiger partial charge in [0.1, 0.15) is 5.82 Å². The first-order valence-electron chi connectivity index (χ1n) is 7.09. The Morgan fingerprint density at radius 1 is 1.29 bits per heavy atom. The molecule has 0 fully saturated rings. The Balaban J connectivity index is 1.74. The number of aryl methyl sites for hydroxylation is 1. The van der Waals surface area contributed by atoms with Crippen molar-refractivity contribution in [2.24, 2.45) is 0 Å². The summed E-state index contributed by atoms with van der Waals surface area (Å²) in [4.78, 5) is 18.9. The molecule has 0 saturated carbocycles. The average Bonchev–Trinajstić information content (AvgIpc) is 2.96. The molecule has 0 aliphatic rings. The summed E-state index contributed by atoms with van der Waals surface area (Å²) in [7, 11) is 0. The summed E-state index contributed by atoms with van der Waals surface area (Å²) < 4.78 is 5.05. The zero-order chi connectivity index (χ0) is 15.1. The Labute approximate surface area is 124 Å². The summed E-state index contributed by atoms with van der Waals surface area (Å²) in [5, 5.41) is 0. The molecule has 0 aliphatic heterocycles. The summed E-state index contributed by atoms with van der Waals surface area (Å²) in [6.07, 6.45) is 4.44. The number of aromatic nitrogens is 2. The minimum atomic E-state index is -0.320. The molecule has 0 spiro atoms. The number of hydrogen-bond acceptors (Lipinski definition) is 3. The lowest BCUT2D eigenvalue weighted by atomic mass is 10.2. The van der Waals surface area contributed by atoms with Gasteiger partial charge in [-0.2, -0.15) is 0 Å². The number of ether oxygens (including phenoxy) is 1. The summed E-state index contributed by atoms with van der Waals surface area (Å²) >= 11 is 0. The predicted octanol–water partition coefficient (Wildman–Crippen LogP) is 3.52. The molecule has 1 aromatic carbocycles. The number of aromatic amines is 1. The number of benzene rings is 1. The molecule has 0 bridgehead atoms. The largest absolute Gasteiger partial charge is 0.462 e. The Morgan fingerprint density at radius 2 is 2.05 bits per heavy atom. The minimum Gasteiger partial charge on any atom is -0.462 e. The lowest BCUT2D eigenvalue weighted by Crippen LogP contribution is -2.06. The monoisotopic (exact) mass is 284 g/mol.